The molecule has 0 bridgehead atoms. The van der Waals surface area contributed by atoms with Crippen molar-refractivity contribution in [2.75, 3.05) is 13.2 Å². The average molecular weight is 227 g/mol. The summed E-state index contributed by atoms with van der Waals surface area (Å²) in [4.78, 5) is 4.23. The van der Waals surface area contributed by atoms with Crippen molar-refractivity contribution in [2.24, 2.45) is 5.73 Å². The Bertz CT molecular complexity index is 456. The summed E-state index contributed by atoms with van der Waals surface area (Å²) in [6.07, 6.45) is 0. The fourth-order valence-electron chi connectivity index (χ4n) is 1.25. The van der Waals surface area contributed by atoms with Crippen LogP contribution in [-0.2, 0) is 11.3 Å². The lowest BCUT2D eigenvalue weighted by atomic mass is 10.3. The van der Waals surface area contributed by atoms with E-state index in [1.807, 2.05) is 6.07 Å². The normalized spacial score (nSPS) is 11.1. The molecule has 2 aromatic rings. The Kier molecular flexibility index (Phi) is 3.20. The van der Waals surface area contributed by atoms with E-state index in [-0.39, 0.29) is 0 Å². The summed E-state index contributed by atoms with van der Waals surface area (Å²) >= 11 is 5.82. The lowest BCUT2D eigenvalue weighted by Crippen LogP contribution is -2.08. The zero-order chi connectivity index (χ0) is 10.7. The van der Waals surface area contributed by atoms with Crippen LogP contribution in [-0.4, -0.2) is 18.1 Å². The van der Waals surface area contributed by atoms with E-state index in [1.165, 1.54) is 0 Å². The maximum Gasteiger partial charge on any atom is 0.221 e. The molecule has 0 aliphatic rings. The Morgan fingerprint density at radius 1 is 1.47 bits per heavy atom. The molecule has 0 radical (unpaired) electrons. The molecule has 5 heteroatoms. The molecule has 1 heterocycles. The van der Waals surface area contributed by atoms with Gasteiger partial charge in [0.25, 0.3) is 0 Å². The summed E-state index contributed by atoms with van der Waals surface area (Å²) < 4.78 is 10.6. The van der Waals surface area contributed by atoms with Gasteiger partial charge in [-0.3, -0.25) is 0 Å². The van der Waals surface area contributed by atoms with Gasteiger partial charge in [-0.15, -0.1) is 0 Å². The number of hydrogen-bond donors (Lipinski definition) is 1. The second kappa shape index (κ2) is 4.61. The van der Waals surface area contributed by atoms with E-state index in [4.69, 9.17) is 26.5 Å². The van der Waals surface area contributed by atoms with Crippen molar-refractivity contribution >= 4 is 22.7 Å². The summed E-state index contributed by atoms with van der Waals surface area (Å²) in [7, 11) is 0. The van der Waals surface area contributed by atoms with Gasteiger partial charge in [-0.25, -0.2) is 4.98 Å². The largest absolute Gasteiger partial charge is 0.438 e. The van der Waals surface area contributed by atoms with E-state index >= 15 is 0 Å². The molecule has 15 heavy (non-hydrogen) atoms. The van der Waals surface area contributed by atoms with Crippen LogP contribution in [0.3, 0.4) is 0 Å². The predicted molar refractivity (Wildman–Crippen MR) is 57.7 cm³/mol. The molecular weight excluding hydrogens is 216 g/mol. The third kappa shape index (κ3) is 2.47. The molecule has 1 aromatic heterocycles. The number of hydrogen-bond acceptors (Lipinski definition) is 4. The molecule has 80 valence electrons. The lowest BCUT2D eigenvalue weighted by Gasteiger charge is -1.96. The van der Waals surface area contributed by atoms with E-state index in [0.717, 1.165) is 5.52 Å². The van der Waals surface area contributed by atoms with Crippen molar-refractivity contribution in [3.8, 4) is 0 Å². The fraction of sp³-hybridized carbons (Fsp3) is 0.300. The van der Waals surface area contributed by atoms with Crippen molar-refractivity contribution in [3.05, 3.63) is 29.1 Å². The van der Waals surface area contributed by atoms with Crippen LogP contribution < -0.4 is 5.73 Å². The fourth-order valence-corrected chi connectivity index (χ4v) is 1.41. The first kappa shape index (κ1) is 10.4. The standard InChI is InChI=1S/C10H11ClN2O2/c11-7-1-2-8-9(5-7)15-10(13-8)6-14-4-3-12/h1-2,5H,3-4,6,12H2. The Balaban J connectivity index is 2.16. The maximum atomic E-state index is 5.82. The van der Waals surface area contributed by atoms with Crippen LogP contribution in [0.5, 0.6) is 0 Å². The molecule has 0 saturated heterocycles. The molecular formula is C10H11ClN2O2. The number of halogens is 1. The van der Waals surface area contributed by atoms with Crippen LogP contribution in [0.2, 0.25) is 5.02 Å². The topological polar surface area (TPSA) is 61.3 Å². The summed E-state index contributed by atoms with van der Waals surface area (Å²) in [6, 6.07) is 5.32. The minimum Gasteiger partial charge on any atom is -0.438 e. The molecule has 0 spiro atoms. The van der Waals surface area contributed by atoms with Gasteiger partial charge in [-0.1, -0.05) is 11.6 Å². The van der Waals surface area contributed by atoms with Crippen LogP contribution in [0, 0.1) is 0 Å². The van der Waals surface area contributed by atoms with Crippen LogP contribution in [0.15, 0.2) is 22.6 Å². The molecule has 0 atom stereocenters. The van der Waals surface area contributed by atoms with E-state index in [1.54, 1.807) is 12.1 Å². The second-order valence-corrected chi connectivity index (χ2v) is 3.50. The summed E-state index contributed by atoms with van der Waals surface area (Å²) in [5, 5.41) is 0.632. The Hall–Kier alpha value is -1.10. The highest BCUT2D eigenvalue weighted by Gasteiger charge is 2.05. The van der Waals surface area contributed by atoms with Crippen molar-refractivity contribution in [1.82, 2.24) is 4.98 Å². The zero-order valence-corrected chi connectivity index (χ0v) is 8.83. The maximum absolute atomic E-state index is 5.82. The lowest BCUT2D eigenvalue weighted by molar-refractivity contribution is 0.110. The average Bonchev–Trinajstić information content (AvgIpc) is 2.60. The molecule has 0 amide bonds. The van der Waals surface area contributed by atoms with Gasteiger partial charge in [0.15, 0.2) is 5.58 Å². The Labute approximate surface area is 92.0 Å². The third-order valence-corrected chi connectivity index (χ3v) is 2.12. The summed E-state index contributed by atoms with van der Waals surface area (Å²) in [5.74, 6) is 0.542. The van der Waals surface area contributed by atoms with Crippen LogP contribution in [0.1, 0.15) is 5.89 Å². The summed E-state index contributed by atoms with van der Waals surface area (Å²) in [6.45, 7) is 1.33. The Morgan fingerprint density at radius 2 is 2.33 bits per heavy atom. The van der Waals surface area contributed by atoms with Crippen molar-refractivity contribution < 1.29 is 9.15 Å². The molecule has 0 saturated carbocycles. The van der Waals surface area contributed by atoms with E-state index in [9.17, 15) is 0 Å². The predicted octanol–water partition coefficient (Wildman–Crippen LogP) is 1.96. The first-order valence-electron chi connectivity index (χ1n) is 4.62. The molecule has 0 fully saturated rings. The highest BCUT2D eigenvalue weighted by atomic mass is 35.5. The van der Waals surface area contributed by atoms with Gasteiger partial charge in [0.1, 0.15) is 12.1 Å². The molecule has 0 aliphatic heterocycles. The van der Waals surface area contributed by atoms with Gasteiger partial charge in [-0.2, -0.15) is 0 Å². The van der Waals surface area contributed by atoms with Gasteiger partial charge < -0.3 is 14.9 Å². The number of ether oxygens (including phenoxy) is 1. The monoisotopic (exact) mass is 226 g/mol. The highest BCUT2D eigenvalue weighted by molar-refractivity contribution is 6.31. The van der Waals surface area contributed by atoms with Crippen molar-refractivity contribution in [1.29, 1.82) is 0 Å². The second-order valence-electron chi connectivity index (χ2n) is 3.06. The number of oxazole rings is 1. The highest BCUT2D eigenvalue weighted by Crippen LogP contribution is 2.20. The van der Waals surface area contributed by atoms with Crippen molar-refractivity contribution in [3.63, 3.8) is 0 Å². The Morgan fingerprint density at radius 3 is 3.13 bits per heavy atom. The number of nitrogens with two attached hydrogens (primary N) is 1. The molecule has 2 rings (SSSR count). The number of nitrogens with zero attached hydrogens (tertiary/aromatic N) is 1. The number of rotatable bonds is 4. The van der Waals surface area contributed by atoms with Gasteiger partial charge >= 0.3 is 0 Å². The number of benzene rings is 1. The van der Waals surface area contributed by atoms with E-state index in [2.05, 4.69) is 4.98 Å². The van der Waals surface area contributed by atoms with Gasteiger partial charge in [-0.05, 0) is 12.1 Å². The van der Waals surface area contributed by atoms with E-state index < -0.39 is 0 Å². The number of fused-ring (bicyclic) bond motifs is 1. The quantitative estimate of drug-likeness (QED) is 0.810. The van der Waals surface area contributed by atoms with Gasteiger partial charge in [0.2, 0.25) is 5.89 Å². The van der Waals surface area contributed by atoms with Gasteiger partial charge in [0.05, 0.1) is 6.61 Å². The molecule has 4 nitrogen and oxygen atoms in total. The first-order chi connectivity index (χ1) is 7.29. The molecule has 1 aromatic carbocycles. The molecule has 0 aliphatic carbocycles. The molecule has 0 unspecified atom stereocenters. The third-order valence-electron chi connectivity index (χ3n) is 1.88. The minimum absolute atomic E-state index is 0.337. The zero-order valence-electron chi connectivity index (χ0n) is 8.07. The van der Waals surface area contributed by atoms with Gasteiger partial charge in [0, 0.05) is 17.6 Å². The SMILES string of the molecule is NCCOCc1nc2ccc(Cl)cc2o1. The number of aromatic nitrogens is 1. The first-order valence-corrected chi connectivity index (χ1v) is 5.00. The van der Waals surface area contributed by atoms with Crippen molar-refractivity contribution in [2.45, 2.75) is 6.61 Å². The molecule has 2 N–H and O–H groups in total. The van der Waals surface area contributed by atoms with Crippen LogP contribution in [0.25, 0.3) is 11.1 Å². The van der Waals surface area contributed by atoms with Crippen LogP contribution in [0.4, 0.5) is 0 Å². The van der Waals surface area contributed by atoms with Crippen LogP contribution >= 0.6 is 11.6 Å². The van der Waals surface area contributed by atoms with E-state index in [0.29, 0.717) is 36.3 Å². The smallest absolute Gasteiger partial charge is 0.221 e. The minimum atomic E-state index is 0.337. The summed E-state index contributed by atoms with van der Waals surface area (Å²) in [5.41, 5.74) is 6.75.